The van der Waals surface area contributed by atoms with Gasteiger partial charge in [-0.15, -0.1) is 20.3 Å². The van der Waals surface area contributed by atoms with Crippen LogP contribution in [0.3, 0.4) is 0 Å². The number of benzene rings is 2. The van der Waals surface area contributed by atoms with E-state index in [1.54, 1.807) is 16.7 Å². The van der Waals surface area contributed by atoms with Crippen LogP contribution >= 0.6 is 11.6 Å². The number of aryl methyl sites for hydroxylation is 1. The highest BCUT2D eigenvalue weighted by atomic mass is 35.5. The summed E-state index contributed by atoms with van der Waals surface area (Å²) in [5.74, 6) is 5.15. The molecule has 1 amide bonds. The van der Waals surface area contributed by atoms with Crippen LogP contribution in [0.4, 0.5) is 4.79 Å². The molecule has 224 valence electrons. The van der Waals surface area contributed by atoms with Crippen molar-refractivity contribution in [3.8, 4) is 11.1 Å². The maximum Gasteiger partial charge on any atom is 0.445 e. The van der Waals surface area contributed by atoms with Gasteiger partial charge in [0.15, 0.2) is 16.7 Å². The third kappa shape index (κ3) is 8.65. The van der Waals surface area contributed by atoms with Crippen molar-refractivity contribution in [1.29, 1.82) is 0 Å². The number of hydrogen-bond acceptors (Lipinski definition) is 9. The predicted molar refractivity (Wildman–Crippen MR) is 154 cm³/mol. The van der Waals surface area contributed by atoms with Gasteiger partial charge in [-0.25, -0.2) is 20.4 Å². The second kappa shape index (κ2) is 15.3. The molecule has 1 heterocycles. The normalized spacial score (nSPS) is 11.3. The van der Waals surface area contributed by atoms with Crippen molar-refractivity contribution in [2.45, 2.75) is 45.6 Å². The number of ether oxygens (including phenoxy) is 1. The van der Waals surface area contributed by atoms with E-state index in [0.29, 0.717) is 35.8 Å². The molecule has 2 aromatic carbocycles. The van der Waals surface area contributed by atoms with E-state index in [-0.39, 0.29) is 36.4 Å². The van der Waals surface area contributed by atoms with Gasteiger partial charge in [0.1, 0.15) is 5.82 Å². The number of aromatic carboxylic acids is 1. The number of amides is 1. The fourth-order valence-corrected chi connectivity index (χ4v) is 4.36. The topological polar surface area (TPSA) is 201 Å². The minimum atomic E-state index is -1.14. The summed E-state index contributed by atoms with van der Waals surface area (Å²) in [4.78, 5) is 42.6. The predicted octanol–water partition coefficient (Wildman–Crippen LogP) is 4.21. The summed E-state index contributed by atoms with van der Waals surface area (Å²) in [6.45, 7) is 2.17. The molecular weight excluding hydrogens is 570 g/mol. The standard InChI is InChI=1S/C27H32ClN7O7/c1-2-3-10-22-31-24(28)23(26(36)37)33(22)17-18-11-13-19(14-12-18)20-8-4-5-9-21(20)25(29)32-34(30)27(38)41-15-6-7-16-42-35(39)40/h4-5,8-9,11-14H,2-3,6-7,10,15-17,30H2,1H3,(H2,29,32)(H,36,37). The van der Waals surface area contributed by atoms with Gasteiger partial charge in [-0.2, -0.15) is 0 Å². The molecule has 0 aliphatic heterocycles. The lowest BCUT2D eigenvalue weighted by Gasteiger charge is -2.14. The highest BCUT2D eigenvalue weighted by Gasteiger charge is 2.21. The lowest BCUT2D eigenvalue weighted by molar-refractivity contribution is -0.757. The Bertz CT molecular complexity index is 1430. The highest BCUT2D eigenvalue weighted by molar-refractivity contribution is 6.32. The van der Waals surface area contributed by atoms with E-state index in [4.69, 9.17) is 27.9 Å². The van der Waals surface area contributed by atoms with Crippen LogP contribution in [-0.4, -0.2) is 56.0 Å². The van der Waals surface area contributed by atoms with E-state index in [1.165, 1.54) is 0 Å². The number of nitrogens with zero attached hydrogens (tertiary/aromatic N) is 5. The minimum Gasteiger partial charge on any atom is -0.476 e. The second-order valence-corrected chi connectivity index (χ2v) is 9.47. The quantitative estimate of drug-likeness (QED) is 0.0430. The Kier molecular flexibility index (Phi) is 11.6. The first kappa shape index (κ1) is 31.8. The zero-order valence-electron chi connectivity index (χ0n) is 22.9. The third-order valence-corrected chi connectivity index (χ3v) is 6.40. The number of hydrazone groups is 1. The summed E-state index contributed by atoms with van der Waals surface area (Å²) in [7, 11) is 0. The van der Waals surface area contributed by atoms with E-state index < -0.39 is 17.1 Å². The number of halogens is 1. The fourth-order valence-electron chi connectivity index (χ4n) is 4.08. The SMILES string of the molecule is CCCCc1nc(Cl)c(C(=O)O)n1Cc1ccc(-c2ccccc2/C(N)=N/N(N)C(=O)OCCCCO[N+](=O)[O-])cc1. The summed E-state index contributed by atoms with van der Waals surface area (Å²) >= 11 is 6.15. The van der Waals surface area contributed by atoms with Crippen molar-refractivity contribution >= 4 is 29.5 Å². The lowest BCUT2D eigenvalue weighted by atomic mass is 9.98. The molecular formula is C27H32ClN7O7. The molecule has 5 N–H and O–H groups in total. The molecule has 0 radical (unpaired) electrons. The van der Waals surface area contributed by atoms with Crippen LogP contribution in [0.25, 0.3) is 11.1 Å². The Hall–Kier alpha value is -4.69. The van der Waals surface area contributed by atoms with Crippen LogP contribution in [0.15, 0.2) is 53.6 Å². The second-order valence-electron chi connectivity index (χ2n) is 9.11. The number of amidine groups is 1. The molecule has 0 aliphatic rings. The van der Waals surface area contributed by atoms with Crippen molar-refractivity contribution in [2.24, 2.45) is 16.7 Å². The number of aromatic nitrogens is 2. The van der Waals surface area contributed by atoms with E-state index in [9.17, 15) is 24.8 Å². The zero-order chi connectivity index (χ0) is 30.6. The average Bonchev–Trinajstić information content (AvgIpc) is 3.28. The molecule has 42 heavy (non-hydrogen) atoms. The summed E-state index contributed by atoms with van der Waals surface area (Å²) in [5.41, 5.74) is 9.02. The van der Waals surface area contributed by atoms with Crippen molar-refractivity contribution in [3.63, 3.8) is 0 Å². The molecule has 0 bridgehead atoms. The van der Waals surface area contributed by atoms with E-state index >= 15 is 0 Å². The number of imidazole rings is 1. The number of unbranched alkanes of at least 4 members (excludes halogenated alkanes) is 2. The number of carbonyl (C=O) groups is 2. The molecule has 0 fully saturated rings. The molecule has 3 aromatic rings. The molecule has 0 saturated heterocycles. The van der Waals surface area contributed by atoms with E-state index in [0.717, 1.165) is 29.5 Å². The molecule has 0 saturated carbocycles. The van der Waals surface area contributed by atoms with Crippen LogP contribution in [0.5, 0.6) is 0 Å². The summed E-state index contributed by atoms with van der Waals surface area (Å²) < 4.78 is 6.63. The maximum atomic E-state index is 12.2. The fraction of sp³-hybridized carbons (Fsp3) is 0.333. The molecule has 0 atom stereocenters. The molecule has 3 rings (SSSR count). The number of carbonyl (C=O) groups excluding carboxylic acids is 1. The number of carboxylic acid groups (broad SMARTS) is 1. The minimum absolute atomic E-state index is 0.0333. The monoisotopic (exact) mass is 601 g/mol. The highest BCUT2D eigenvalue weighted by Crippen LogP contribution is 2.26. The first-order valence-corrected chi connectivity index (χ1v) is 13.5. The van der Waals surface area contributed by atoms with Gasteiger partial charge in [-0.3, -0.25) is 0 Å². The van der Waals surface area contributed by atoms with E-state index in [1.807, 2.05) is 43.3 Å². The number of hydrazine groups is 1. The number of rotatable bonds is 15. The Balaban J connectivity index is 1.73. The summed E-state index contributed by atoms with van der Waals surface area (Å²) in [5, 5.41) is 23.3. The van der Waals surface area contributed by atoms with Gasteiger partial charge < -0.3 is 25.0 Å². The Morgan fingerprint density at radius 3 is 2.50 bits per heavy atom. The van der Waals surface area contributed by atoms with Gasteiger partial charge in [0.25, 0.3) is 5.09 Å². The van der Waals surface area contributed by atoms with Crippen molar-refractivity contribution < 1.29 is 29.4 Å². The molecule has 14 nitrogen and oxygen atoms in total. The van der Waals surface area contributed by atoms with Crippen LogP contribution in [0, 0.1) is 10.1 Å². The molecule has 0 aliphatic carbocycles. The number of carboxylic acids is 1. The van der Waals surface area contributed by atoms with Crippen LogP contribution < -0.4 is 11.6 Å². The summed E-state index contributed by atoms with van der Waals surface area (Å²) in [6.07, 6.45) is 2.08. The molecule has 0 unspecified atom stereocenters. The van der Waals surface area contributed by atoms with E-state index in [2.05, 4.69) is 14.9 Å². The first-order chi connectivity index (χ1) is 20.1. The van der Waals surface area contributed by atoms with Crippen molar-refractivity contribution in [1.82, 2.24) is 14.7 Å². The van der Waals surface area contributed by atoms with Gasteiger partial charge >= 0.3 is 12.1 Å². The van der Waals surface area contributed by atoms with Gasteiger partial charge in [0.2, 0.25) is 0 Å². The van der Waals surface area contributed by atoms with Crippen LogP contribution in [0.1, 0.15) is 60.0 Å². The average molecular weight is 602 g/mol. The third-order valence-electron chi connectivity index (χ3n) is 6.13. The van der Waals surface area contributed by atoms with Crippen LogP contribution in [0.2, 0.25) is 5.15 Å². The maximum absolute atomic E-state index is 12.2. The first-order valence-electron chi connectivity index (χ1n) is 13.1. The van der Waals surface area contributed by atoms with Crippen molar-refractivity contribution in [3.05, 3.63) is 86.4 Å². The smallest absolute Gasteiger partial charge is 0.445 e. The molecule has 1 aromatic heterocycles. The Labute approximate surface area is 246 Å². The van der Waals surface area contributed by atoms with Crippen molar-refractivity contribution in [2.75, 3.05) is 13.2 Å². The van der Waals surface area contributed by atoms with Crippen LogP contribution in [-0.2, 0) is 22.5 Å². The Morgan fingerprint density at radius 1 is 1.14 bits per heavy atom. The van der Waals surface area contributed by atoms with Gasteiger partial charge in [-0.1, -0.05) is 73.5 Å². The largest absolute Gasteiger partial charge is 0.476 e. The zero-order valence-corrected chi connectivity index (χ0v) is 23.7. The van der Waals surface area contributed by atoms with Gasteiger partial charge in [0, 0.05) is 18.5 Å². The molecule has 0 spiro atoms. The Morgan fingerprint density at radius 2 is 1.83 bits per heavy atom. The molecule has 15 heteroatoms. The summed E-state index contributed by atoms with van der Waals surface area (Å²) in [6, 6.07) is 14.6. The number of hydrogen-bond donors (Lipinski definition) is 3. The van der Waals surface area contributed by atoms with Gasteiger partial charge in [-0.05, 0) is 36.0 Å². The lowest BCUT2D eigenvalue weighted by Crippen LogP contribution is -2.36. The number of nitrogens with two attached hydrogens (primary N) is 2. The van der Waals surface area contributed by atoms with Gasteiger partial charge in [0.05, 0.1) is 13.2 Å².